The molecule has 2 aromatic carbocycles. The van der Waals surface area contributed by atoms with Crippen LogP contribution in [0.15, 0.2) is 65.8 Å². The molecule has 1 N–H and O–H groups in total. The van der Waals surface area contributed by atoms with Crippen molar-refractivity contribution < 1.29 is 4.39 Å². The van der Waals surface area contributed by atoms with Crippen molar-refractivity contribution in [2.24, 2.45) is 5.92 Å². The molecule has 7 rings (SSSR count). The summed E-state index contributed by atoms with van der Waals surface area (Å²) in [7, 11) is 0. The number of hydrogen-bond donors (Lipinski definition) is 1. The topological polar surface area (TPSA) is 118 Å². The lowest BCUT2D eigenvalue weighted by Gasteiger charge is -2.18. The second kappa shape index (κ2) is 7.94. The summed E-state index contributed by atoms with van der Waals surface area (Å²) in [6.45, 7) is 0. The number of tetrazole rings is 1. The number of pyridine rings is 1. The molecule has 4 heterocycles. The molecule has 0 saturated heterocycles. The number of imidazole rings is 1. The second-order valence-electron chi connectivity index (χ2n) is 9.23. The van der Waals surface area contributed by atoms with Gasteiger partial charge in [-0.2, -0.15) is 9.94 Å². The minimum atomic E-state index is -0.588. The summed E-state index contributed by atoms with van der Waals surface area (Å²) in [6.07, 6.45) is 4.08. The molecule has 11 heteroatoms. The number of fused-ring (bicyclic) bond motifs is 3. The van der Waals surface area contributed by atoms with Crippen LogP contribution in [0.4, 0.5) is 4.39 Å². The Kier molecular flexibility index (Phi) is 4.65. The lowest BCUT2D eigenvalue weighted by Crippen LogP contribution is -2.26. The lowest BCUT2D eigenvalue weighted by molar-refractivity contribution is 0.514. The average Bonchev–Trinajstić information content (AvgIpc) is 3.25. The summed E-state index contributed by atoms with van der Waals surface area (Å²) in [5, 5.41) is 21.0. The predicted octanol–water partition coefficient (Wildman–Crippen LogP) is 4.25. The first-order chi connectivity index (χ1) is 18.0. The number of aromatic amines is 1. The van der Waals surface area contributed by atoms with Crippen LogP contribution in [0, 0.1) is 23.1 Å². The molecule has 1 aliphatic carbocycles. The van der Waals surface area contributed by atoms with E-state index >= 15 is 0 Å². The van der Waals surface area contributed by atoms with Gasteiger partial charge < -0.3 is 9.55 Å². The highest BCUT2D eigenvalue weighted by Crippen LogP contribution is 2.60. The third-order valence-electron chi connectivity index (χ3n) is 7.14. The van der Waals surface area contributed by atoms with Gasteiger partial charge in [-0.25, -0.2) is 9.37 Å². The minimum absolute atomic E-state index is 0.0145. The molecule has 9 nitrogen and oxygen atoms in total. The van der Waals surface area contributed by atoms with E-state index in [0.29, 0.717) is 27.8 Å². The van der Waals surface area contributed by atoms with Crippen LogP contribution in [-0.2, 0) is 0 Å². The largest absolute Gasteiger partial charge is 0.340 e. The van der Waals surface area contributed by atoms with Gasteiger partial charge in [0.2, 0.25) is 0 Å². The van der Waals surface area contributed by atoms with Crippen molar-refractivity contribution in [3.8, 4) is 34.1 Å². The number of hydrogen-bond acceptors (Lipinski definition) is 6. The average molecular weight is 511 g/mol. The van der Waals surface area contributed by atoms with Crippen LogP contribution in [0.3, 0.4) is 0 Å². The van der Waals surface area contributed by atoms with Crippen molar-refractivity contribution in [1.82, 2.24) is 34.7 Å². The number of nitrogens with zero attached hydrogens (tertiary/aromatic N) is 7. The fourth-order valence-electron chi connectivity index (χ4n) is 5.38. The van der Waals surface area contributed by atoms with E-state index in [2.05, 4.69) is 25.5 Å². The first kappa shape index (κ1) is 21.6. The standard InChI is InChI=1S/C26H16ClFN8O/c27-16-3-4-22(35-12-31-33-34-35)17(8-16)15-6-23-18-9-19(18)25(36(23)24(37)7-15)26-30-11-21(32-26)13-1-2-14(10-29)20(28)5-13/h1-8,11-12,18-19,25H,9H2,(H,30,32)/t18-,19+,25+/m1/s1. The third kappa shape index (κ3) is 3.39. The van der Waals surface area contributed by atoms with E-state index in [0.717, 1.165) is 23.2 Å². The van der Waals surface area contributed by atoms with E-state index in [1.807, 2.05) is 18.2 Å². The van der Waals surface area contributed by atoms with Crippen molar-refractivity contribution in [3.05, 3.63) is 99.3 Å². The van der Waals surface area contributed by atoms with Gasteiger partial charge in [0.05, 0.1) is 29.2 Å². The molecule has 1 fully saturated rings. The van der Waals surface area contributed by atoms with Crippen molar-refractivity contribution >= 4 is 11.6 Å². The summed E-state index contributed by atoms with van der Waals surface area (Å²) < 4.78 is 17.5. The number of H-pyrrole nitrogens is 1. The van der Waals surface area contributed by atoms with E-state index in [1.54, 1.807) is 35.0 Å². The maximum Gasteiger partial charge on any atom is 0.252 e. The summed E-state index contributed by atoms with van der Waals surface area (Å²) in [4.78, 5) is 21.3. The van der Waals surface area contributed by atoms with Gasteiger partial charge in [0, 0.05) is 33.8 Å². The van der Waals surface area contributed by atoms with Gasteiger partial charge >= 0.3 is 0 Å². The minimum Gasteiger partial charge on any atom is -0.340 e. The van der Waals surface area contributed by atoms with E-state index in [-0.39, 0.29) is 29.0 Å². The molecule has 1 saturated carbocycles. The van der Waals surface area contributed by atoms with Gasteiger partial charge in [0.25, 0.3) is 5.56 Å². The number of aromatic nitrogens is 7. The zero-order valence-corrected chi connectivity index (χ0v) is 19.8. The quantitative estimate of drug-likeness (QED) is 0.386. The molecular weight excluding hydrogens is 495 g/mol. The molecule has 3 atom stereocenters. The fraction of sp³-hybridized carbons (Fsp3) is 0.154. The normalized spacial score (nSPS) is 19.3. The van der Waals surface area contributed by atoms with E-state index < -0.39 is 5.82 Å². The number of halogens is 2. The molecule has 3 aromatic heterocycles. The summed E-state index contributed by atoms with van der Waals surface area (Å²) in [6, 6.07) is 15.0. The fourth-order valence-corrected chi connectivity index (χ4v) is 5.55. The van der Waals surface area contributed by atoms with E-state index in [4.69, 9.17) is 16.9 Å². The Bertz CT molecular complexity index is 1800. The molecule has 0 unspecified atom stereocenters. The smallest absolute Gasteiger partial charge is 0.252 e. The highest BCUT2D eigenvalue weighted by molar-refractivity contribution is 6.31. The summed E-state index contributed by atoms with van der Waals surface area (Å²) in [5.41, 5.74) is 4.20. The van der Waals surface area contributed by atoms with Gasteiger partial charge in [-0.1, -0.05) is 17.7 Å². The van der Waals surface area contributed by atoms with Crippen molar-refractivity contribution in [3.63, 3.8) is 0 Å². The molecule has 0 amide bonds. The SMILES string of the molecule is N#Cc1ccc(-c2cnc([C@@H]3[C@H]4C[C@H]4c4cc(-c5cc(Cl)ccc5-n5cnnn5)cc(=O)n43)[nH]2)cc1F. The molecule has 0 radical (unpaired) electrons. The molecular formula is C26H16ClFN8O. The van der Waals surface area contributed by atoms with Gasteiger partial charge in [-0.15, -0.1) is 5.10 Å². The van der Waals surface area contributed by atoms with Crippen LogP contribution in [0.5, 0.6) is 0 Å². The highest BCUT2D eigenvalue weighted by atomic mass is 35.5. The Morgan fingerprint density at radius 2 is 2.03 bits per heavy atom. The van der Waals surface area contributed by atoms with Crippen molar-refractivity contribution in [1.29, 1.82) is 5.26 Å². The second-order valence-corrected chi connectivity index (χ2v) is 9.67. The molecule has 37 heavy (non-hydrogen) atoms. The molecule has 2 aliphatic rings. The van der Waals surface area contributed by atoms with Crippen LogP contribution in [0.25, 0.3) is 28.1 Å². The maximum absolute atomic E-state index is 14.2. The monoisotopic (exact) mass is 510 g/mol. The van der Waals surface area contributed by atoms with Crippen LogP contribution in [0.2, 0.25) is 5.02 Å². The molecule has 0 bridgehead atoms. The highest BCUT2D eigenvalue weighted by Gasteiger charge is 2.54. The van der Waals surface area contributed by atoms with Crippen LogP contribution in [-0.4, -0.2) is 34.7 Å². The Balaban J connectivity index is 1.29. The van der Waals surface area contributed by atoms with Gasteiger partial charge in [-0.3, -0.25) is 4.79 Å². The van der Waals surface area contributed by atoms with Crippen LogP contribution < -0.4 is 5.56 Å². The number of rotatable bonds is 4. The van der Waals surface area contributed by atoms with E-state index in [1.165, 1.54) is 23.1 Å². The Labute approximate surface area is 213 Å². The summed E-state index contributed by atoms with van der Waals surface area (Å²) >= 11 is 6.31. The number of nitriles is 1. The molecule has 1 aliphatic heterocycles. The van der Waals surface area contributed by atoms with Gasteiger partial charge in [-0.05, 0) is 64.7 Å². The van der Waals surface area contributed by atoms with Gasteiger partial charge in [0.15, 0.2) is 0 Å². The number of benzene rings is 2. The lowest BCUT2D eigenvalue weighted by atomic mass is 10.0. The molecule has 0 spiro atoms. The zero-order chi connectivity index (χ0) is 25.3. The zero-order valence-electron chi connectivity index (χ0n) is 19.0. The Morgan fingerprint density at radius 3 is 2.81 bits per heavy atom. The Hall–Kier alpha value is -4.62. The third-order valence-corrected chi connectivity index (χ3v) is 7.38. The van der Waals surface area contributed by atoms with E-state index in [9.17, 15) is 9.18 Å². The predicted molar refractivity (Wildman–Crippen MR) is 132 cm³/mol. The molecule has 180 valence electrons. The first-order valence-corrected chi connectivity index (χ1v) is 11.9. The van der Waals surface area contributed by atoms with Crippen LogP contribution in [0.1, 0.15) is 35.5 Å². The van der Waals surface area contributed by atoms with Crippen molar-refractivity contribution in [2.45, 2.75) is 18.4 Å². The number of nitrogens with one attached hydrogen (secondary N) is 1. The molecule has 5 aromatic rings. The van der Waals surface area contributed by atoms with Crippen molar-refractivity contribution in [2.75, 3.05) is 0 Å². The maximum atomic E-state index is 14.2. The first-order valence-electron chi connectivity index (χ1n) is 11.6. The summed E-state index contributed by atoms with van der Waals surface area (Å²) in [5.74, 6) is 0.556. The Morgan fingerprint density at radius 1 is 1.14 bits per heavy atom. The van der Waals surface area contributed by atoms with Crippen LogP contribution >= 0.6 is 11.6 Å². The van der Waals surface area contributed by atoms with Gasteiger partial charge in [0.1, 0.15) is 24.0 Å².